The number of rotatable bonds is 6. The van der Waals surface area contributed by atoms with Gasteiger partial charge in [-0.1, -0.05) is 41.9 Å². The molecule has 0 saturated carbocycles. The van der Waals surface area contributed by atoms with E-state index in [1.165, 1.54) is 18.1 Å². The first-order valence-corrected chi connectivity index (χ1v) is 11.6. The van der Waals surface area contributed by atoms with E-state index < -0.39 is 17.7 Å². The molecule has 1 unspecified atom stereocenters. The van der Waals surface area contributed by atoms with E-state index in [2.05, 4.69) is 4.98 Å². The molecule has 1 aliphatic heterocycles. The van der Waals surface area contributed by atoms with E-state index in [1.807, 2.05) is 36.4 Å². The van der Waals surface area contributed by atoms with Crippen LogP contribution in [-0.2, 0) is 16.1 Å². The molecule has 1 amide bonds. The summed E-state index contributed by atoms with van der Waals surface area (Å²) in [5.41, 5.74) is 2.69. The summed E-state index contributed by atoms with van der Waals surface area (Å²) in [5, 5.41) is 12.5. The molecule has 4 aromatic rings. The molecule has 8 heteroatoms. The molecule has 1 saturated heterocycles. The highest BCUT2D eigenvalue weighted by Gasteiger charge is 2.46. The minimum Gasteiger partial charge on any atom is -0.507 e. The van der Waals surface area contributed by atoms with E-state index in [-0.39, 0.29) is 22.9 Å². The molecule has 7 nitrogen and oxygen atoms in total. The van der Waals surface area contributed by atoms with Gasteiger partial charge in [0.2, 0.25) is 0 Å². The second-order valence-corrected chi connectivity index (χ2v) is 8.82. The van der Waals surface area contributed by atoms with Gasteiger partial charge >= 0.3 is 0 Å². The van der Waals surface area contributed by atoms with Crippen LogP contribution in [0, 0.1) is 0 Å². The van der Waals surface area contributed by atoms with Crippen molar-refractivity contribution in [2.45, 2.75) is 12.6 Å². The monoisotopic (exact) mass is 502 g/mol. The Morgan fingerprint density at radius 3 is 2.47 bits per heavy atom. The molecule has 1 aliphatic rings. The van der Waals surface area contributed by atoms with Crippen molar-refractivity contribution in [1.29, 1.82) is 0 Å². The maximum Gasteiger partial charge on any atom is 0.295 e. The molecule has 182 valence electrons. The van der Waals surface area contributed by atoms with Crippen LogP contribution in [0.4, 0.5) is 0 Å². The van der Waals surface area contributed by atoms with Crippen molar-refractivity contribution in [3.05, 3.63) is 100 Å². The molecule has 5 rings (SSSR count). The number of H-pyrrole nitrogens is 1. The van der Waals surface area contributed by atoms with Crippen molar-refractivity contribution in [2.24, 2.45) is 0 Å². The Balaban J connectivity index is 1.67. The van der Waals surface area contributed by atoms with Crippen molar-refractivity contribution in [2.75, 3.05) is 14.2 Å². The quantitative estimate of drug-likeness (QED) is 0.207. The summed E-state index contributed by atoms with van der Waals surface area (Å²) in [5.74, 6) is -0.636. The van der Waals surface area contributed by atoms with Crippen LogP contribution in [-0.4, -0.2) is 40.9 Å². The molecule has 1 fully saturated rings. The zero-order chi connectivity index (χ0) is 25.4. The van der Waals surface area contributed by atoms with E-state index in [4.69, 9.17) is 21.1 Å². The fraction of sp³-hybridized carbons (Fsp3) is 0.143. The van der Waals surface area contributed by atoms with Crippen LogP contribution >= 0.6 is 11.6 Å². The highest BCUT2D eigenvalue weighted by molar-refractivity contribution is 6.46. The average Bonchev–Trinajstić information content (AvgIpc) is 3.43. The predicted octanol–water partition coefficient (Wildman–Crippen LogP) is 5.46. The topological polar surface area (TPSA) is 91.9 Å². The van der Waals surface area contributed by atoms with Gasteiger partial charge < -0.3 is 24.5 Å². The largest absolute Gasteiger partial charge is 0.507 e. The number of aliphatic hydroxyl groups is 1. The average molecular weight is 503 g/mol. The second-order valence-electron chi connectivity index (χ2n) is 8.41. The third-order valence-electron chi connectivity index (χ3n) is 6.39. The van der Waals surface area contributed by atoms with E-state index in [1.54, 1.807) is 37.6 Å². The summed E-state index contributed by atoms with van der Waals surface area (Å²) >= 11 is 6.28. The lowest BCUT2D eigenvalue weighted by atomic mass is 9.94. The number of aromatic amines is 1. The number of likely N-dealkylation sites (tertiary alicyclic amines) is 1. The summed E-state index contributed by atoms with van der Waals surface area (Å²) in [7, 11) is 3.07. The van der Waals surface area contributed by atoms with Crippen LogP contribution in [0.2, 0.25) is 5.02 Å². The zero-order valence-corrected chi connectivity index (χ0v) is 20.4. The Morgan fingerprint density at radius 2 is 1.78 bits per heavy atom. The van der Waals surface area contributed by atoms with Gasteiger partial charge in [0, 0.05) is 34.8 Å². The molecule has 0 aliphatic carbocycles. The van der Waals surface area contributed by atoms with E-state index >= 15 is 0 Å². The van der Waals surface area contributed by atoms with Crippen LogP contribution in [0.5, 0.6) is 11.5 Å². The minimum absolute atomic E-state index is 0.000465. The number of nitrogens with one attached hydrogen (secondary N) is 1. The number of ketones is 1. The number of aromatic nitrogens is 1. The lowest BCUT2D eigenvalue weighted by molar-refractivity contribution is -0.140. The number of ether oxygens (including phenoxy) is 2. The molecule has 0 bridgehead atoms. The van der Waals surface area contributed by atoms with Gasteiger partial charge in [0.25, 0.3) is 11.7 Å². The van der Waals surface area contributed by atoms with Crippen molar-refractivity contribution in [1.82, 2.24) is 9.88 Å². The Bertz CT molecular complexity index is 1510. The fourth-order valence-electron chi connectivity index (χ4n) is 4.58. The van der Waals surface area contributed by atoms with Crippen molar-refractivity contribution >= 4 is 40.0 Å². The first kappa shape index (κ1) is 23.5. The standard InChI is InChI=1S/C28H23ClN2O5/c1-35-18-10-7-16(8-11-18)15-31-25(20-14-30-22-6-4-3-5-19(20)22)24(27(33)28(31)34)26(32)17-9-12-23(36-2)21(29)13-17/h3-14,25,30,32H,15H2,1-2H3/b26-24+. The summed E-state index contributed by atoms with van der Waals surface area (Å²) in [6, 6.07) is 18.8. The fourth-order valence-corrected chi connectivity index (χ4v) is 4.84. The molecular formula is C28H23ClN2O5. The van der Waals surface area contributed by atoms with E-state index in [9.17, 15) is 14.7 Å². The Hall–Kier alpha value is -4.23. The van der Waals surface area contributed by atoms with Gasteiger partial charge in [-0.25, -0.2) is 0 Å². The Morgan fingerprint density at radius 1 is 1.03 bits per heavy atom. The lowest BCUT2D eigenvalue weighted by Gasteiger charge is -2.25. The number of methoxy groups -OCH3 is 2. The van der Waals surface area contributed by atoms with Gasteiger partial charge in [0.1, 0.15) is 17.3 Å². The number of aliphatic hydroxyl groups excluding tert-OH is 1. The van der Waals surface area contributed by atoms with Crippen LogP contribution in [0.15, 0.2) is 78.5 Å². The van der Waals surface area contributed by atoms with Crippen molar-refractivity contribution in [3.63, 3.8) is 0 Å². The summed E-state index contributed by atoms with van der Waals surface area (Å²) in [6.07, 6.45) is 1.77. The number of halogens is 1. The molecule has 2 N–H and O–H groups in total. The van der Waals surface area contributed by atoms with Gasteiger partial charge in [-0.05, 0) is 42.0 Å². The van der Waals surface area contributed by atoms with Crippen molar-refractivity contribution < 1.29 is 24.2 Å². The van der Waals surface area contributed by atoms with Crippen LogP contribution in [0.3, 0.4) is 0 Å². The number of carbonyl (C=O) groups is 2. The molecule has 0 spiro atoms. The third-order valence-corrected chi connectivity index (χ3v) is 6.69. The number of nitrogens with zero attached hydrogens (tertiary/aromatic N) is 1. The van der Waals surface area contributed by atoms with Gasteiger partial charge in [-0.2, -0.15) is 0 Å². The predicted molar refractivity (Wildman–Crippen MR) is 137 cm³/mol. The molecule has 0 radical (unpaired) electrons. The van der Waals surface area contributed by atoms with Crippen LogP contribution in [0.1, 0.15) is 22.7 Å². The lowest BCUT2D eigenvalue weighted by Crippen LogP contribution is -2.29. The number of hydrogen-bond acceptors (Lipinski definition) is 5. The van der Waals surface area contributed by atoms with E-state index in [0.29, 0.717) is 22.6 Å². The highest BCUT2D eigenvalue weighted by Crippen LogP contribution is 2.43. The maximum atomic E-state index is 13.4. The number of Topliss-reactive ketones (excluding diaryl/α,β-unsaturated/α-hetero) is 1. The SMILES string of the molecule is COc1ccc(CN2C(=O)C(=O)/C(=C(/O)c3ccc(OC)c(Cl)c3)C2c2c[nH]c3ccccc23)cc1. The molecule has 1 atom stereocenters. The molecule has 1 aromatic heterocycles. The number of fused-ring (bicyclic) bond motifs is 1. The molecular weight excluding hydrogens is 480 g/mol. The number of para-hydroxylation sites is 1. The van der Waals surface area contributed by atoms with Crippen LogP contribution in [0.25, 0.3) is 16.7 Å². The number of hydrogen-bond donors (Lipinski definition) is 2. The second kappa shape index (κ2) is 9.43. The smallest absolute Gasteiger partial charge is 0.295 e. The van der Waals surface area contributed by atoms with Gasteiger partial charge in [-0.3, -0.25) is 9.59 Å². The van der Waals surface area contributed by atoms with Gasteiger partial charge in [0.05, 0.1) is 30.9 Å². The summed E-state index contributed by atoms with van der Waals surface area (Å²) in [6.45, 7) is 0.166. The minimum atomic E-state index is -0.816. The first-order chi connectivity index (χ1) is 17.4. The molecule has 2 heterocycles. The Kier molecular flexibility index (Phi) is 6.16. The summed E-state index contributed by atoms with van der Waals surface area (Å²) < 4.78 is 10.4. The van der Waals surface area contributed by atoms with Gasteiger partial charge in [-0.15, -0.1) is 0 Å². The molecule has 36 heavy (non-hydrogen) atoms. The van der Waals surface area contributed by atoms with Crippen LogP contribution < -0.4 is 9.47 Å². The summed E-state index contributed by atoms with van der Waals surface area (Å²) in [4.78, 5) is 31.4. The van der Waals surface area contributed by atoms with Gasteiger partial charge in [0.15, 0.2) is 0 Å². The highest BCUT2D eigenvalue weighted by atomic mass is 35.5. The normalized spacial score (nSPS) is 17.1. The zero-order valence-electron chi connectivity index (χ0n) is 19.6. The van der Waals surface area contributed by atoms with E-state index in [0.717, 1.165) is 16.5 Å². The number of carbonyl (C=O) groups excluding carboxylic acids is 2. The molecule has 3 aromatic carbocycles. The maximum absolute atomic E-state index is 13.4. The van der Waals surface area contributed by atoms with Crippen molar-refractivity contribution in [3.8, 4) is 11.5 Å². The Labute approximate surface area is 212 Å². The third kappa shape index (κ3) is 3.97. The number of amides is 1. The first-order valence-electron chi connectivity index (χ1n) is 11.2. The number of benzene rings is 3.